The molecule has 0 aliphatic heterocycles. The van der Waals surface area contributed by atoms with Gasteiger partial charge in [-0.05, 0) is 58.4 Å². The number of rotatable bonds is 5. The molecule has 0 spiro atoms. The maximum atomic E-state index is 6.26. The number of ether oxygens (including phenoxy) is 1. The van der Waals surface area contributed by atoms with Crippen molar-refractivity contribution < 1.29 is 4.74 Å². The zero-order valence-electron chi connectivity index (χ0n) is 14.0. The van der Waals surface area contributed by atoms with Crippen molar-refractivity contribution >= 4 is 0 Å². The highest BCUT2D eigenvalue weighted by atomic mass is 16.5. The molecule has 1 N–H and O–H groups in total. The van der Waals surface area contributed by atoms with Gasteiger partial charge in [-0.1, -0.05) is 13.3 Å². The molecular formula is C18H30N2O. The van der Waals surface area contributed by atoms with Crippen LogP contribution in [0.5, 0.6) is 5.75 Å². The summed E-state index contributed by atoms with van der Waals surface area (Å²) in [6.45, 7) is 9.56. The Morgan fingerprint density at radius 1 is 1.29 bits per heavy atom. The second-order valence-electron chi connectivity index (χ2n) is 7.20. The van der Waals surface area contributed by atoms with E-state index in [-0.39, 0.29) is 5.54 Å². The number of aromatic nitrogens is 1. The molecule has 1 fully saturated rings. The van der Waals surface area contributed by atoms with E-state index in [4.69, 9.17) is 4.74 Å². The number of hydrogen-bond acceptors (Lipinski definition) is 3. The lowest BCUT2D eigenvalue weighted by Gasteiger charge is -2.31. The minimum Gasteiger partial charge on any atom is -0.490 e. The summed E-state index contributed by atoms with van der Waals surface area (Å²) in [4.78, 5) is 4.43. The molecule has 0 bridgehead atoms. The molecule has 1 heterocycles. The van der Waals surface area contributed by atoms with Gasteiger partial charge in [0.25, 0.3) is 0 Å². The van der Waals surface area contributed by atoms with E-state index >= 15 is 0 Å². The number of nitrogens with one attached hydrogen (secondary N) is 1. The smallest absolute Gasteiger partial charge is 0.123 e. The molecule has 2 atom stereocenters. The molecule has 1 saturated carbocycles. The summed E-state index contributed by atoms with van der Waals surface area (Å²) >= 11 is 0. The molecule has 0 aromatic carbocycles. The van der Waals surface area contributed by atoms with Crippen LogP contribution in [0.3, 0.4) is 0 Å². The molecule has 0 amide bonds. The van der Waals surface area contributed by atoms with Gasteiger partial charge in [0.2, 0.25) is 0 Å². The second-order valence-corrected chi connectivity index (χ2v) is 7.20. The van der Waals surface area contributed by atoms with Crippen LogP contribution >= 0.6 is 0 Å². The first-order valence-electron chi connectivity index (χ1n) is 8.34. The Bertz CT molecular complexity index is 439. The standard InChI is InChI=1S/C18H30N2O/c1-5-14-8-6-7-9-17(14)21-16-10-11-19-15(12-16)13-20-18(2,3)4/h10-12,14,17,20H,5-9,13H2,1-4H3. The molecule has 21 heavy (non-hydrogen) atoms. The van der Waals surface area contributed by atoms with E-state index in [1.165, 1.54) is 32.1 Å². The van der Waals surface area contributed by atoms with Crippen LogP contribution in [0, 0.1) is 5.92 Å². The van der Waals surface area contributed by atoms with Crippen molar-refractivity contribution in [2.24, 2.45) is 5.92 Å². The summed E-state index contributed by atoms with van der Waals surface area (Å²) in [6, 6.07) is 4.07. The summed E-state index contributed by atoms with van der Waals surface area (Å²) in [5.74, 6) is 1.68. The van der Waals surface area contributed by atoms with Crippen LogP contribution in [-0.2, 0) is 6.54 Å². The molecule has 0 saturated heterocycles. The minimum atomic E-state index is 0.106. The van der Waals surface area contributed by atoms with Crippen molar-refractivity contribution in [3.63, 3.8) is 0 Å². The highest BCUT2D eigenvalue weighted by molar-refractivity contribution is 5.23. The molecule has 3 nitrogen and oxygen atoms in total. The van der Waals surface area contributed by atoms with Crippen LogP contribution < -0.4 is 10.1 Å². The van der Waals surface area contributed by atoms with Crippen LogP contribution in [0.2, 0.25) is 0 Å². The maximum Gasteiger partial charge on any atom is 0.123 e. The van der Waals surface area contributed by atoms with Gasteiger partial charge in [-0.2, -0.15) is 0 Å². The predicted molar refractivity (Wildman–Crippen MR) is 87.5 cm³/mol. The summed E-state index contributed by atoms with van der Waals surface area (Å²) in [5.41, 5.74) is 1.15. The molecule has 1 aliphatic rings. The van der Waals surface area contributed by atoms with E-state index in [0.29, 0.717) is 12.0 Å². The summed E-state index contributed by atoms with van der Waals surface area (Å²) in [6.07, 6.45) is 8.61. The van der Waals surface area contributed by atoms with E-state index in [9.17, 15) is 0 Å². The molecular weight excluding hydrogens is 260 g/mol. The van der Waals surface area contributed by atoms with Gasteiger partial charge in [0.15, 0.2) is 0 Å². The monoisotopic (exact) mass is 290 g/mol. The Morgan fingerprint density at radius 3 is 2.76 bits per heavy atom. The van der Waals surface area contributed by atoms with Gasteiger partial charge < -0.3 is 10.1 Å². The third kappa shape index (κ3) is 5.31. The number of nitrogens with zero attached hydrogens (tertiary/aromatic N) is 1. The molecule has 118 valence electrons. The number of pyridine rings is 1. The Kier molecular flexibility index (Phi) is 5.63. The third-order valence-electron chi connectivity index (χ3n) is 4.24. The van der Waals surface area contributed by atoms with E-state index in [1.54, 1.807) is 0 Å². The average molecular weight is 290 g/mol. The second kappa shape index (κ2) is 7.26. The molecule has 1 aromatic rings. The van der Waals surface area contributed by atoms with Crippen molar-refractivity contribution in [3.05, 3.63) is 24.0 Å². The van der Waals surface area contributed by atoms with Crippen LogP contribution in [0.1, 0.15) is 65.5 Å². The molecule has 0 radical (unpaired) electrons. The van der Waals surface area contributed by atoms with Crippen LogP contribution in [0.4, 0.5) is 0 Å². The zero-order valence-corrected chi connectivity index (χ0v) is 14.0. The molecule has 1 aromatic heterocycles. The first-order chi connectivity index (χ1) is 9.98. The van der Waals surface area contributed by atoms with Gasteiger partial charge in [-0.3, -0.25) is 4.98 Å². The average Bonchev–Trinajstić information content (AvgIpc) is 2.45. The van der Waals surface area contributed by atoms with Gasteiger partial charge in [0.05, 0.1) is 5.69 Å². The van der Waals surface area contributed by atoms with E-state index in [0.717, 1.165) is 18.0 Å². The highest BCUT2D eigenvalue weighted by Crippen LogP contribution is 2.30. The molecule has 3 heteroatoms. The van der Waals surface area contributed by atoms with Gasteiger partial charge in [0.1, 0.15) is 11.9 Å². The summed E-state index contributed by atoms with van der Waals surface area (Å²) < 4.78 is 6.26. The largest absolute Gasteiger partial charge is 0.490 e. The Labute approximate surface area is 129 Å². The van der Waals surface area contributed by atoms with Crippen molar-refractivity contribution in [1.29, 1.82) is 0 Å². The van der Waals surface area contributed by atoms with E-state index in [2.05, 4.69) is 44.1 Å². The summed E-state index contributed by atoms with van der Waals surface area (Å²) in [5, 5.41) is 3.47. The van der Waals surface area contributed by atoms with Crippen molar-refractivity contribution in [3.8, 4) is 5.75 Å². The van der Waals surface area contributed by atoms with Crippen LogP contribution in [0.25, 0.3) is 0 Å². The summed E-state index contributed by atoms with van der Waals surface area (Å²) in [7, 11) is 0. The number of hydrogen-bond donors (Lipinski definition) is 1. The zero-order chi connectivity index (χ0) is 15.3. The van der Waals surface area contributed by atoms with Gasteiger partial charge in [-0.15, -0.1) is 0 Å². The highest BCUT2D eigenvalue weighted by Gasteiger charge is 2.25. The molecule has 1 aliphatic carbocycles. The van der Waals surface area contributed by atoms with Gasteiger partial charge in [0, 0.05) is 24.3 Å². The first kappa shape index (κ1) is 16.3. The fraction of sp³-hybridized carbons (Fsp3) is 0.722. The SMILES string of the molecule is CCC1CCCCC1Oc1ccnc(CNC(C)(C)C)c1. The normalized spacial score (nSPS) is 23.0. The molecule has 2 unspecified atom stereocenters. The first-order valence-corrected chi connectivity index (χ1v) is 8.34. The lowest BCUT2D eigenvalue weighted by Crippen LogP contribution is -2.35. The quantitative estimate of drug-likeness (QED) is 0.877. The fourth-order valence-electron chi connectivity index (χ4n) is 2.95. The van der Waals surface area contributed by atoms with Crippen molar-refractivity contribution in [2.75, 3.05) is 0 Å². The third-order valence-corrected chi connectivity index (χ3v) is 4.24. The van der Waals surface area contributed by atoms with E-state index in [1.807, 2.05) is 12.3 Å². The minimum absolute atomic E-state index is 0.106. The lowest BCUT2D eigenvalue weighted by atomic mass is 9.85. The van der Waals surface area contributed by atoms with Crippen LogP contribution in [-0.4, -0.2) is 16.6 Å². The van der Waals surface area contributed by atoms with Crippen molar-refractivity contribution in [1.82, 2.24) is 10.3 Å². The topological polar surface area (TPSA) is 34.1 Å². The molecule has 2 rings (SSSR count). The van der Waals surface area contributed by atoms with Gasteiger partial charge in [-0.25, -0.2) is 0 Å². The maximum absolute atomic E-state index is 6.26. The fourth-order valence-corrected chi connectivity index (χ4v) is 2.95. The predicted octanol–water partition coefficient (Wildman–Crippen LogP) is 4.32. The van der Waals surface area contributed by atoms with Crippen LogP contribution in [0.15, 0.2) is 18.3 Å². The lowest BCUT2D eigenvalue weighted by molar-refractivity contribution is 0.0902. The Hall–Kier alpha value is -1.09. The Balaban J connectivity index is 1.97. The van der Waals surface area contributed by atoms with Gasteiger partial charge >= 0.3 is 0 Å². The van der Waals surface area contributed by atoms with Crippen molar-refractivity contribution in [2.45, 2.75) is 78.0 Å². The Morgan fingerprint density at radius 2 is 2.05 bits per heavy atom. The van der Waals surface area contributed by atoms with E-state index < -0.39 is 0 Å².